The van der Waals surface area contributed by atoms with Gasteiger partial charge in [-0.25, -0.2) is 9.97 Å². The van der Waals surface area contributed by atoms with Gasteiger partial charge in [0.05, 0.1) is 66.6 Å². The molecule has 0 bridgehead atoms. The molecule has 0 saturated heterocycles. The van der Waals surface area contributed by atoms with E-state index in [0.29, 0.717) is 5.95 Å². The quantitative estimate of drug-likeness (QED) is 0.137. The fourth-order valence-electron chi connectivity index (χ4n) is 23.0. The smallest absolute Gasteiger partial charge is 0.235 e. The van der Waals surface area contributed by atoms with Crippen molar-refractivity contribution < 1.29 is 0 Å². The van der Waals surface area contributed by atoms with E-state index in [-0.39, 0.29) is 16.2 Å². The van der Waals surface area contributed by atoms with Crippen LogP contribution in [0, 0.1) is 0 Å². The second kappa shape index (κ2) is 26.5. The average molecular weight is 1640 g/mol. The highest BCUT2D eigenvalue weighted by molar-refractivity contribution is 6.17. The first-order valence-corrected chi connectivity index (χ1v) is 44.7. The maximum absolute atomic E-state index is 5.64. The van der Waals surface area contributed by atoms with Crippen LogP contribution >= 0.6 is 0 Å². The summed E-state index contributed by atoms with van der Waals surface area (Å²) >= 11 is 0. The lowest BCUT2D eigenvalue weighted by Crippen LogP contribution is -2.15. The molecule has 0 fully saturated rings. The normalized spacial score (nSPS) is 13.9. The molecule has 0 spiro atoms. The molecular weight excluding hydrogens is 1550 g/mol. The van der Waals surface area contributed by atoms with Gasteiger partial charge in [-0.1, -0.05) is 284 Å². The molecule has 0 unspecified atom stereocenters. The number of hydrogen-bond acceptors (Lipinski definition) is 2. The van der Waals surface area contributed by atoms with Gasteiger partial charge < -0.3 is 18.3 Å². The Morgan fingerprint density at radius 1 is 0.164 bits per heavy atom. The molecule has 0 saturated carbocycles. The van der Waals surface area contributed by atoms with Gasteiger partial charge in [-0.05, 0) is 252 Å². The molecule has 0 aliphatic heterocycles. The maximum Gasteiger partial charge on any atom is 0.235 e. The first-order valence-electron chi connectivity index (χ1n) is 44.7. The van der Waals surface area contributed by atoms with Gasteiger partial charge in [-0.2, -0.15) is 0 Å². The Hall–Kier alpha value is -16.0. The average Bonchev–Trinajstić information content (AvgIpc) is 1.56. The SMILES string of the molecule is CC1(C)c2ccccc2-c2ccc(-n3c4ccccc4c4cc(-c5ccc6c(c5)c5cc(-c7ccc8c(c7)c7ccccc7n8-c7ccc8c(c7)C(C)(C)c7ccccc7-8)ccc5n6-c5ccc(-c6cc(-c7ccccc7)nc(-n7c8ccccc8c8cc(-c9ccc%10c(c9)c9ccccc9n%10-c9ccc%10c(c9)C(C)(C)c9ccccc9-%10)ccc87)n6)cc5)ccc43)cc21. The van der Waals surface area contributed by atoms with Crippen LogP contribution in [0.5, 0.6) is 0 Å². The minimum Gasteiger partial charge on any atom is -0.309 e. The fourth-order valence-corrected chi connectivity index (χ4v) is 23.0. The molecule has 602 valence electrons. The minimum absolute atomic E-state index is 0.117. The maximum atomic E-state index is 5.64. The number of nitrogens with zero attached hydrogens (tertiary/aromatic N) is 7. The Bertz CT molecular complexity index is 8690. The van der Waals surface area contributed by atoms with E-state index in [1.807, 2.05) is 0 Å². The summed E-state index contributed by atoms with van der Waals surface area (Å²) < 4.78 is 12.1. The Labute approximate surface area is 740 Å². The van der Waals surface area contributed by atoms with Gasteiger partial charge in [-0.15, -0.1) is 0 Å². The third-order valence-electron chi connectivity index (χ3n) is 29.3. The lowest BCUT2D eigenvalue weighted by atomic mass is 9.82. The van der Waals surface area contributed by atoms with Crippen LogP contribution in [-0.4, -0.2) is 32.8 Å². The van der Waals surface area contributed by atoms with E-state index in [1.54, 1.807) is 0 Å². The summed E-state index contributed by atoms with van der Waals surface area (Å²) in [5.41, 5.74) is 42.3. The number of benzene rings is 18. The van der Waals surface area contributed by atoms with Gasteiger partial charge in [0.1, 0.15) is 0 Å². The zero-order chi connectivity index (χ0) is 84.9. The molecule has 7 nitrogen and oxygen atoms in total. The van der Waals surface area contributed by atoms with Gasteiger partial charge in [0.2, 0.25) is 5.95 Å². The molecule has 0 amide bonds. The standard InChI is InChI=1S/C121H83N7/c1-119(2)100-33-17-10-26-84(100)87-53-50-81(68-103(87)119)125-108-36-20-13-29-90(108)94-62-74(42-56-112(94)125)77-47-61-117-97(65-77)93-32-16-23-39-111(93)128(117)118-122-106(72-24-8-7-9-25-72)71-107(123-118)73-40-48-80(49-41-73)124-115-59-45-78(75-43-57-113-95(63-75)91-30-14-21-37-109(91)126(113)82-51-54-88-85-27-11-18-34-101(85)120(3,4)104(88)69-82)66-98(115)99-67-79(46-60-116(99)124)76-44-58-114-96(64-76)92-31-15-22-38-110(92)127(114)83-52-55-89-86-28-12-19-35-102(86)121(5,6)105(89)70-83/h7-71H,1-6H3. The molecule has 128 heavy (non-hydrogen) atoms. The van der Waals surface area contributed by atoms with E-state index in [4.69, 9.17) is 9.97 Å². The van der Waals surface area contributed by atoms with Crippen molar-refractivity contribution in [3.63, 3.8) is 0 Å². The Balaban J connectivity index is 0.580. The summed E-state index contributed by atoms with van der Waals surface area (Å²) in [6, 6.07) is 148. The molecule has 6 heterocycles. The highest BCUT2D eigenvalue weighted by Gasteiger charge is 2.39. The molecule has 6 aromatic heterocycles. The number of fused-ring (bicyclic) bond motifs is 24. The van der Waals surface area contributed by atoms with Gasteiger partial charge in [0.25, 0.3) is 0 Å². The third kappa shape index (κ3) is 10.3. The summed E-state index contributed by atoms with van der Waals surface area (Å²) in [7, 11) is 0. The van der Waals surface area contributed by atoms with Crippen molar-refractivity contribution in [2.45, 2.75) is 57.8 Å². The number of hydrogen-bond donors (Lipinski definition) is 0. The number of aromatic nitrogens is 7. The predicted octanol–water partition coefficient (Wildman–Crippen LogP) is 31.2. The summed E-state index contributed by atoms with van der Waals surface area (Å²) in [6.07, 6.45) is 0. The summed E-state index contributed by atoms with van der Waals surface area (Å²) in [5, 5.41) is 11.9. The molecule has 27 rings (SSSR count). The van der Waals surface area contributed by atoms with E-state index < -0.39 is 0 Å². The van der Waals surface area contributed by atoms with E-state index in [1.165, 1.54) is 160 Å². The van der Waals surface area contributed by atoms with Crippen molar-refractivity contribution in [3.05, 3.63) is 428 Å². The molecule has 7 heteroatoms. The minimum atomic E-state index is -0.131. The molecule has 0 N–H and O–H groups in total. The highest BCUT2D eigenvalue weighted by Crippen LogP contribution is 2.55. The monoisotopic (exact) mass is 1630 g/mol. The van der Waals surface area contributed by atoms with Crippen LogP contribution < -0.4 is 0 Å². The Morgan fingerprint density at radius 2 is 0.398 bits per heavy atom. The molecule has 3 aliphatic carbocycles. The van der Waals surface area contributed by atoms with Gasteiger partial charge in [-0.3, -0.25) is 4.57 Å². The Morgan fingerprint density at radius 3 is 0.734 bits per heavy atom. The molecule has 0 atom stereocenters. The van der Waals surface area contributed by atoms with Crippen molar-refractivity contribution in [1.82, 2.24) is 32.8 Å². The van der Waals surface area contributed by atoms with E-state index in [0.717, 1.165) is 94.4 Å². The van der Waals surface area contributed by atoms with Gasteiger partial charge in [0, 0.05) is 104 Å². The third-order valence-corrected chi connectivity index (χ3v) is 29.3. The zero-order valence-electron chi connectivity index (χ0n) is 71.7. The molecule has 0 radical (unpaired) electrons. The van der Waals surface area contributed by atoms with Crippen LogP contribution in [0.4, 0.5) is 0 Å². The van der Waals surface area contributed by atoms with E-state index >= 15 is 0 Å². The predicted molar refractivity (Wildman–Crippen MR) is 534 cm³/mol. The summed E-state index contributed by atoms with van der Waals surface area (Å²) in [6.45, 7) is 14.2. The van der Waals surface area contributed by atoms with Crippen molar-refractivity contribution in [2.75, 3.05) is 0 Å². The van der Waals surface area contributed by atoms with Crippen LogP contribution in [-0.2, 0) is 16.2 Å². The Kier molecular flexibility index (Phi) is 15.0. The molecule has 18 aromatic carbocycles. The largest absolute Gasteiger partial charge is 0.309 e. The van der Waals surface area contributed by atoms with Crippen LogP contribution in [0.3, 0.4) is 0 Å². The summed E-state index contributed by atoms with van der Waals surface area (Å²) in [4.78, 5) is 11.2. The first kappa shape index (κ1) is 72.5. The first-order chi connectivity index (χ1) is 62.7. The van der Waals surface area contributed by atoms with Crippen LogP contribution in [0.25, 0.3) is 227 Å². The van der Waals surface area contributed by atoms with Crippen molar-refractivity contribution in [1.29, 1.82) is 0 Å². The van der Waals surface area contributed by atoms with Crippen molar-refractivity contribution >= 4 is 109 Å². The van der Waals surface area contributed by atoms with Crippen molar-refractivity contribution in [3.8, 4) is 118 Å². The number of rotatable bonds is 10. The molecule has 3 aliphatic rings. The van der Waals surface area contributed by atoms with Gasteiger partial charge in [0.15, 0.2) is 0 Å². The highest BCUT2D eigenvalue weighted by atomic mass is 15.2. The second-order valence-corrected chi connectivity index (χ2v) is 37.2. The lowest BCUT2D eigenvalue weighted by Gasteiger charge is -2.22. The van der Waals surface area contributed by atoms with Crippen molar-refractivity contribution in [2.24, 2.45) is 0 Å². The number of para-hydroxylation sites is 4. The van der Waals surface area contributed by atoms with Gasteiger partial charge >= 0.3 is 0 Å². The van der Waals surface area contributed by atoms with Crippen LogP contribution in [0.2, 0.25) is 0 Å². The summed E-state index contributed by atoms with van der Waals surface area (Å²) in [5.74, 6) is 0.603. The van der Waals surface area contributed by atoms with E-state index in [2.05, 4.69) is 459 Å². The van der Waals surface area contributed by atoms with Crippen LogP contribution in [0.1, 0.15) is 74.9 Å². The topological polar surface area (TPSA) is 50.4 Å². The zero-order valence-corrected chi connectivity index (χ0v) is 71.7. The lowest BCUT2D eigenvalue weighted by molar-refractivity contribution is 0.660. The van der Waals surface area contributed by atoms with E-state index in [9.17, 15) is 0 Å². The molecular formula is C121H83N7. The second-order valence-electron chi connectivity index (χ2n) is 37.2. The van der Waals surface area contributed by atoms with Crippen LogP contribution in [0.15, 0.2) is 394 Å². The fraction of sp³-hybridized carbons (Fsp3) is 0.0744. The molecule has 24 aromatic rings.